The third-order valence-electron chi connectivity index (χ3n) is 2.93. The van der Waals surface area contributed by atoms with Crippen LogP contribution in [0.25, 0.3) is 0 Å². The molecule has 0 spiro atoms. The van der Waals surface area contributed by atoms with Crippen molar-refractivity contribution < 1.29 is 19.4 Å². The molecule has 1 atom stereocenters. The Morgan fingerprint density at radius 2 is 2.05 bits per heavy atom. The molecule has 3 N–H and O–H groups in total. The Labute approximate surface area is 131 Å². The summed E-state index contributed by atoms with van der Waals surface area (Å²) in [4.78, 5) is 11.4. The van der Waals surface area contributed by atoms with Gasteiger partial charge >= 0.3 is 5.97 Å². The predicted octanol–water partition coefficient (Wildman–Crippen LogP) is 1.77. The van der Waals surface area contributed by atoms with E-state index in [1.807, 2.05) is 20.8 Å². The number of aliphatic carboxylic acids is 1. The molecule has 0 saturated carbocycles. The summed E-state index contributed by atoms with van der Waals surface area (Å²) in [5, 5.41) is 15.5. The number of hydrogen-bond acceptors (Lipinski definition) is 5. The average molecular weight is 310 g/mol. The standard InChI is InChI=1S/C16H26N2O4/c1-16(2,3)22-11-17-8-9-18-14(15(19)20)12-6-5-7-13(10-12)21-4/h5-7,10,14,17-18H,8-9,11H2,1-4H3,(H,19,20). The molecule has 0 bridgehead atoms. The van der Waals surface area contributed by atoms with Crippen LogP contribution in [-0.2, 0) is 9.53 Å². The highest BCUT2D eigenvalue weighted by molar-refractivity contribution is 5.75. The van der Waals surface area contributed by atoms with Crippen LogP contribution in [0.1, 0.15) is 32.4 Å². The van der Waals surface area contributed by atoms with Crippen LogP contribution < -0.4 is 15.4 Å². The van der Waals surface area contributed by atoms with Crippen molar-refractivity contribution in [3.63, 3.8) is 0 Å². The number of carboxylic acids is 1. The first-order chi connectivity index (χ1) is 10.3. The van der Waals surface area contributed by atoms with Gasteiger partial charge in [-0.2, -0.15) is 0 Å². The van der Waals surface area contributed by atoms with Gasteiger partial charge in [0.15, 0.2) is 0 Å². The van der Waals surface area contributed by atoms with Crippen LogP contribution in [0.3, 0.4) is 0 Å². The van der Waals surface area contributed by atoms with Crippen LogP contribution in [0.2, 0.25) is 0 Å². The second kappa shape index (κ2) is 8.73. The Morgan fingerprint density at radius 3 is 2.64 bits per heavy atom. The number of hydrogen-bond donors (Lipinski definition) is 3. The summed E-state index contributed by atoms with van der Waals surface area (Å²) in [5.41, 5.74) is 0.475. The van der Waals surface area contributed by atoms with Crippen molar-refractivity contribution in [2.24, 2.45) is 0 Å². The summed E-state index contributed by atoms with van der Waals surface area (Å²) in [6.45, 7) is 7.51. The van der Waals surface area contributed by atoms with Crippen molar-refractivity contribution in [2.75, 3.05) is 26.9 Å². The topological polar surface area (TPSA) is 79.8 Å². The smallest absolute Gasteiger partial charge is 0.325 e. The minimum atomic E-state index is -0.917. The molecule has 22 heavy (non-hydrogen) atoms. The van der Waals surface area contributed by atoms with Gasteiger partial charge in [0.1, 0.15) is 11.8 Å². The molecule has 0 aromatic heterocycles. The third kappa shape index (κ3) is 6.89. The fourth-order valence-corrected chi connectivity index (χ4v) is 1.81. The molecule has 0 aliphatic heterocycles. The molecule has 1 aromatic carbocycles. The predicted molar refractivity (Wildman–Crippen MR) is 85.1 cm³/mol. The van der Waals surface area contributed by atoms with E-state index in [0.29, 0.717) is 31.1 Å². The van der Waals surface area contributed by atoms with Crippen molar-refractivity contribution in [3.05, 3.63) is 29.8 Å². The second-order valence-electron chi connectivity index (χ2n) is 5.90. The minimum absolute atomic E-state index is 0.190. The van der Waals surface area contributed by atoms with Crippen LogP contribution in [0.5, 0.6) is 5.75 Å². The van der Waals surface area contributed by atoms with Crippen LogP contribution >= 0.6 is 0 Å². The van der Waals surface area contributed by atoms with Crippen LogP contribution in [0.4, 0.5) is 0 Å². The first kappa shape index (κ1) is 18.4. The maximum atomic E-state index is 11.4. The Morgan fingerprint density at radius 1 is 1.32 bits per heavy atom. The lowest BCUT2D eigenvalue weighted by Gasteiger charge is -2.20. The van der Waals surface area contributed by atoms with Gasteiger partial charge in [-0.3, -0.25) is 15.4 Å². The summed E-state index contributed by atoms with van der Waals surface area (Å²) in [6, 6.07) is 6.29. The first-order valence-corrected chi connectivity index (χ1v) is 7.28. The van der Waals surface area contributed by atoms with Crippen molar-refractivity contribution in [1.29, 1.82) is 0 Å². The monoisotopic (exact) mass is 310 g/mol. The van der Waals surface area contributed by atoms with E-state index < -0.39 is 12.0 Å². The molecule has 0 fully saturated rings. The minimum Gasteiger partial charge on any atom is -0.497 e. The van der Waals surface area contributed by atoms with Crippen LogP contribution in [-0.4, -0.2) is 43.6 Å². The molecule has 1 aromatic rings. The maximum Gasteiger partial charge on any atom is 0.325 e. The molecule has 124 valence electrons. The summed E-state index contributed by atoms with van der Waals surface area (Å²) >= 11 is 0. The van der Waals surface area contributed by atoms with E-state index in [1.54, 1.807) is 31.4 Å². The third-order valence-corrected chi connectivity index (χ3v) is 2.93. The highest BCUT2D eigenvalue weighted by Gasteiger charge is 2.19. The Hall–Kier alpha value is -1.63. The number of benzene rings is 1. The van der Waals surface area contributed by atoms with E-state index in [-0.39, 0.29) is 5.60 Å². The molecule has 0 heterocycles. The van der Waals surface area contributed by atoms with Gasteiger partial charge in [-0.1, -0.05) is 12.1 Å². The fraction of sp³-hybridized carbons (Fsp3) is 0.562. The molecule has 0 amide bonds. The van der Waals surface area contributed by atoms with E-state index in [1.165, 1.54) is 0 Å². The van der Waals surface area contributed by atoms with Crippen LogP contribution in [0.15, 0.2) is 24.3 Å². The maximum absolute atomic E-state index is 11.4. The van der Waals surface area contributed by atoms with Gasteiger partial charge in [0.25, 0.3) is 0 Å². The fourth-order valence-electron chi connectivity index (χ4n) is 1.81. The molecule has 1 unspecified atom stereocenters. The van der Waals surface area contributed by atoms with Crippen LogP contribution in [0, 0.1) is 0 Å². The van der Waals surface area contributed by atoms with E-state index in [2.05, 4.69) is 10.6 Å². The lowest BCUT2D eigenvalue weighted by Crippen LogP contribution is -2.36. The molecular weight excluding hydrogens is 284 g/mol. The van der Waals surface area contributed by atoms with Gasteiger partial charge in [0, 0.05) is 13.1 Å². The molecule has 6 heteroatoms. The second-order valence-corrected chi connectivity index (χ2v) is 5.90. The number of ether oxygens (including phenoxy) is 2. The summed E-state index contributed by atoms with van der Waals surface area (Å²) in [7, 11) is 1.56. The molecule has 0 saturated heterocycles. The average Bonchev–Trinajstić information content (AvgIpc) is 2.45. The number of rotatable bonds is 9. The normalized spacial score (nSPS) is 12.9. The van der Waals surface area contributed by atoms with E-state index in [0.717, 1.165) is 0 Å². The Kier molecular flexibility index (Phi) is 7.31. The SMILES string of the molecule is COc1cccc(C(NCCNCOC(C)(C)C)C(=O)O)c1. The molecule has 6 nitrogen and oxygen atoms in total. The van der Waals surface area contributed by atoms with Crippen molar-refractivity contribution in [1.82, 2.24) is 10.6 Å². The molecule has 0 aliphatic rings. The lowest BCUT2D eigenvalue weighted by molar-refractivity contribution is -0.139. The Bertz CT molecular complexity index is 471. The molecule has 0 aliphatic carbocycles. The highest BCUT2D eigenvalue weighted by Crippen LogP contribution is 2.19. The van der Waals surface area contributed by atoms with Gasteiger partial charge in [-0.05, 0) is 38.5 Å². The zero-order valence-corrected chi connectivity index (χ0v) is 13.7. The number of methoxy groups -OCH3 is 1. The summed E-state index contributed by atoms with van der Waals surface area (Å²) < 4.78 is 10.7. The Balaban J connectivity index is 2.43. The molecule has 0 radical (unpaired) electrons. The van der Waals surface area contributed by atoms with Crippen molar-refractivity contribution in [2.45, 2.75) is 32.4 Å². The van der Waals surface area contributed by atoms with Crippen molar-refractivity contribution >= 4 is 5.97 Å². The van der Waals surface area contributed by atoms with Crippen molar-refractivity contribution in [3.8, 4) is 5.75 Å². The summed E-state index contributed by atoms with van der Waals surface area (Å²) in [5.74, 6) is -0.276. The van der Waals surface area contributed by atoms with Gasteiger partial charge < -0.3 is 14.6 Å². The molecule has 1 rings (SSSR count). The van der Waals surface area contributed by atoms with E-state index >= 15 is 0 Å². The number of carboxylic acid groups (broad SMARTS) is 1. The van der Waals surface area contributed by atoms with Gasteiger partial charge in [0.05, 0.1) is 19.4 Å². The lowest BCUT2D eigenvalue weighted by atomic mass is 10.1. The molecular formula is C16H26N2O4. The first-order valence-electron chi connectivity index (χ1n) is 7.28. The van der Waals surface area contributed by atoms with E-state index in [4.69, 9.17) is 9.47 Å². The van der Waals surface area contributed by atoms with Gasteiger partial charge in [-0.15, -0.1) is 0 Å². The number of carbonyl (C=O) groups is 1. The van der Waals surface area contributed by atoms with E-state index in [9.17, 15) is 9.90 Å². The highest BCUT2D eigenvalue weighted by atomic mass is 16.5. The largest absolute Gasteiger partial charge is 0.497 e. The number of nitrogens with one attached hydrogen (secondary N) is 2. The zero-order valence-electron chi connectivity index (χ0n) is 13.7. The quantitative estimate of drug-likeness (QED) is 0.476. The zero-order chi connectivity index (χ0) is 16.6. The van der Waals surface area contributed by atoms with Gasteiger partial charge in [0.2, 0.25) is 0 Å². The summed E-state index contributed by atoms with van der Waals surface area (Å²) in [6.07, 6.45) is 0. The van der Waals surface area contributed by atoms with Gasteiger partial charge in [-0.25, -0.2) is 0 Å².